The molecule has 1 aliphatic heterocycles. The summed E-state index contributed by atoms with van der Waals surface area (Å²) in [7, 11) is 0. The second-order valence-corrected chi connectivity index (χ2v) is 6.32. The van der Waals surface area contributed by atoms with Gasteiger partial charge in [0.1, 0.15) is 18.1 Å². The van der Waals surface area contributed by atoms with E-state index >= 15 is 0 Å². The van der Waals surface area contributed by atoms with Gasteiger partial charge in [0.25, 0.3) is 5.91 Å². The number of furan rings is 1. The second-order valence-electron chi connectivity index (χ2n) is 5.40. The molecule has 1 aromatic heterocycles. The number of ether oxygens (including phenoxy) is 1. The first-order valence-electron chi connectivity index (χ1n) is 7.69. The van der Waals surface area contributed by atoms with Crippen LogP contribution in [0.4, 0.5) is 0 Å². The Kier molecular flexibility index (Phi) is 5.35. The van der Waals surface area contributed by atoms with Gasteiger partial charge in [0.2, 0.25) is 0 Å². The number of nitrogens with one attached hydrogen (secondary N) is 1. The van der Waals surface area contributed by atoms with Gasteiger partial charge in [0, 0.05) is 24.1 Å². The number of rotatable bonds is 4. The summed E-state index contributed by atoms with van der Waals surface area (Å²) in [6.45, 7) is 3.55. The zero-order valence-corrected chi connectivity index (χ0v) is 14.3. The number of amides is 1. The van der Waals surface area contributed by atoms with Gasteiger partial charge in [-0.3, -0.25) is 4.79 Å². The van der Waals surface area contributed by atoms with Gasteiger partial charge in [-0.25, -0.2) is 0 Å². The third kappa shape index (κ3) is 4.36. The lowest BCUT2D eigenvalue weighted by Gasteiger charge is -2.18. The summed E-state index contributed by atoms with van der Waals surface area (Å²) in [4.78, 5) is 14.3. The molecule has 0 bridgehead atoms. The zero-order valence-electron chi connectivity index (χ0n) is 12.8. The SMILES string of the molecule is O=C(c1ccc(COc2ccc(Br)cc2)o1)N1CCCNCC1. The first-order valence-corrected chi connectivity index (χ1v) is 8.49. The number of benzene rings is 1. The van der Waals surface area contributed by atoms with E-state index in [1.807, 2.05) is 29.2 Å². The van der Waals surface area contributed by atoms with E-state index in [1.165, 1.54) is 0 Å². The summed E-state index contributed by atoms with van der Waals surface area (Å²) in [5, 5.41) is 3.28. The molecule has 1 fully saturated rings. The Bertz CT molecular complexity index is 646. The van der Waals surface area contributed by atoms with Gasteiger partial charge in [-0.05, 0) is 49.4 Å². The average Bonchev–Trinajstić information content (AvgIpc) is 2.87. The fourth-order valence-electron chi connectivity index (χ4n) is 2.46. The largest absolute Gasteiger partial charge is 0.486 e. The lowest BCUT2D eigenvalue weighted by atomic mass is 10.3. The van der Waals surface area contributed by atoms with Crippen LogP contribution in [0.2, 0.25) is 0 Å². The summed E-state index contributed by atoms with van der Waals surface area (Å²) in [5.41, 5.74) is 0. The van der Waals surface area contributed by atoms with Crippen LogP contribution in [-0.4, -0.2) is 37.0 Å². The Morgan fingerprint density at radius 2 is 2.00 bits per heavy atom. The third-order valence-corrected chi connectivity index (χ3v) is 4.22. The van der Waals surface area contributed by atoms with E-state index in [9.17, 15) is 4.79 Å². The molecular formula is C17H19BrN2O3. The van der Waals surface area contributed by atoms with Crippen LogP contribution in [0.3, 0.4) is 0 Å². The highest BCUT2D eigenvalue weighted by molar-refractivity contribution is 9.10. The lowest BCUT2D eigenvalue weighted by Crippen LogP contribution is -2.33. The van der Waals surface area contributed by atoms with Crippen LogP contribution >= 0.6 is 15.9 Å². The Hall–Kier alpha value is -1.79. The van der Waals surface area contributed by atoms with Gasteiger partial charge in [0.15, 0.2) is 5.76 Å². The van der Waals surface area contributed by atoms with Crippen molar-refractivity contribution >= 4 is 21.8 Å². The lowest BCUT2D eigenvalue weighted by molar-refractivity contribution is 0.0730. The fourth-order valence-corrected chi connectivity index (χ4v) is 2.72. The molecule has 0 aliphatic carbocycles. The number of hydrogen-bond acceptors (Lipinski definition) is 4. The Balaban J connectivity index is 1.58. The molecular weight excluding hydrogens is 360 g/mol. The molecule has 122 valence electrons. The third-order valence-electron chi connectivity index (χ3n) is 3.69. The van der Waals surface area contributed by atoms with Crippen molar-refractivity contribution in [1.82, 2.24) is 10.2 Å². The molecule has 2 aromatic rings. The highest BCUT2D eigenvalue weighted by atomic mass is 79.9. The highest BCUT2D eigenvalue weighted by Crippen LogP contribution is 2.18. The van der Waals surface area contributed by atoms with Crippen LogP contribution in [0.15, 0.2) is 45.3 Å². The van der Waals surface area contributed by atoms with Crippen LogP contribution in [-0.2, 0) is 6.61 Å². The molecule has 5 nitrogen and oxygen atoms in total. The minimum absolute atomic E-state index is 0.0522. The Morgan fingerprint density at radius 3 is 2.83 bits per heavy atom. The fraction of sp³-hybridized carbons (Fsp3) is 0.353. The maximum absolute atomic E-state index is 12.4. The normalized spacial score (nSPS) is 15.3. The molecule has 23 heavy (non-hydrogen) atoms. The van der Waals surface area contributed by atoms with Crippen LogP contribution in [0.25, 0.3) is 0 Å². The van der Waals surface area contributed by atoms with Crippen LogP contribution in [0.5, 0.6) is 5.75 Å². The van der Waals surface area contributed by atoms with E-state index in [-0.39, 0.29) is 5.91 Å². The molecule has 2 heterocycles. The van der Waals surface area contributed by atoms with Gasteiger partial charge in [-0.1, -0.05) is 15.9 Å². The van der Waals surface area contributed by atoms with Crippen LogP contribution in [0.1, 0.15) is 22.7 Å². The van der Waals surface area contributed by atoms with Crippen LogP contribution in [0, 0.1) is 0 Å². The molecule has 1 aliphatic rings. The Morgan fingerprint density at radius 1 is 1.17 bits per heavy atom. The minimum atomic E-state index is -0.0522. The molecule has 0 radical (unpaired) electrons. The quantitative estimate of drug-likeness (QED) is 0.887. The highest BCUT2D eigenvalue weighted by Gasteiger charge is 2.20. The molecule has 1 saturated heterocycles. The average molecular weight is 379 g/mol. The smallest absolute Gasteiger partial charge is 0.289 e. The first-order chi connectivity index (χ1) is 11.2. The van der Waals surface area contributed by atoms with Crippen molar-refractivity contribution in [1.29, 1.82) is 0 Å². The van der Waals surface area contributed by atoms with E-state index in [0.29, 0.717) is 24.7 Å². The number of nitrogens with zero attached hydrogens (tertiary/aromatic N) is 1. The molecule has 0 spiro atoms. The van der Waals surface area contributed by atoms with Gasteiger partial charge >= 0.3 is 0 Å². The Labute approximate surface area is 143 Å². The number of carbonyl (C=O) groups excluding carboxylic acids is 1. The number of carbonyl (C=O) groups is 1. The molecule has 1 amide bonds. The minimum Gasteiger partial charge on any atom is -0.486 e. The number of halogens is 1. The van der Waals surface area contributed by atoms with E-state index in [1.54, 1.807) is 12.1 Å². The molecule has 1 aromatic carbocycles. The second kappa shape index (κ2) is 7.66. The van der Waals surface area contributed by atoms with Crippen molar-refractivity contribution in [3.05, 3.63) is 52.4 Å². The molecule has 0 unspecified atom stereocenters. The van der Waals surface area contributed by atoms with Crippen LogP contribution < -0.4 is 10.1 Å². The standard InChI is InChI=1S/C17H19BrN2O3/c18-13-2-4-14(5-3-13)22-12-15-6-7-16(23-15)17(21)20-10-1-8-19-9-11-20/h2-7,19H,1,8-12H2. The summed E-state index contributed by atoms with van der Waals surface area (Å²) < 4.78 is 12.3. The first kappa shape index (κ1) is 16.1. The van der Waals surface area contributed by atoms with Gasteiger partial charge in [-0.2, -0.15) is 0 Å². The summed E-state index contributed by atoms with van der Waals surface area (Å²) in [6.07, 6.45) is 0.964. The van der Waals surface area contributed by atoms with Crippen molar-refractivity contribution in [3.8, 4) is 5.75 Å². The predicted octanol–water partition coefficient (Wildman–Crippen LogP) is 3.06. The van der Waals surface area contributed by atoms with Gasteiger partial charge < -0.3 is 19.4 Å². The van der Waals surface area contributed by atoms with Crippen molar-refractivity contribution < 1.29 is 13.9 Å². The maximum Gasteiger partial charge on any atom is 0.289 e. The van der Waals surface area contributed by atoms with Gasteiger partial charge in [-0.15, -0.1) is 0 Å². The van der Waals surface area contributed by atoms with E-state index < -0.39 is 0 Å². The van der Waals surface area contributed by atoms with Gasteiger partial charge in [0.05, 0.1) is 0 Å². The summed E-state index contributed by atoms with van der Waals surface area (Å²) in [5.74, 6) is 1.73. The number of hydrogen-bond donors (Lipinski definition) is 1. The molecule has 6 heteroatoms. The van der Waals surface area contributed by atoms with E-state index in [2.05, 4.69) is 21.2 Å². The summed E-state index contributed by atoms with van der Waals surface area (Å²) >= 11 is 3.38. The molecule has 1 N–H and O–H groups in total. The topological polar surface area (TPSA) is 54.7 Å². The monoisotopic (exact) mass is 378 g/mol. The van der Waals surface area contributed by atoms with Crippen molar-refractivity contribution in [3.63, 3.8) is 0 Å². The molecule has 0 saturated carbocycles. The predicted molar refractivity (Wildman–Crippen MR) is 90.6 cm³/mol. The van der Waals surface area contributed by atoms with E-state index in [0.717, 1.165) is 36.3 Å². The van der Waals surface area contributed by atoms with Crippen molar-refractivity contribution in [2.24, 2.45) is 0 Å². The maximum atomic E-state index is 12.4. The van der Waals surface area contributed by atoms with E-state index in [4.69, 9.17) is 9.15 Å². The van der Waals surface area contributed by atoms with Crippen molar-refractivity contribution in [2.75, 3.05) is 26.2 Å². The zero-order chi connectivity index (χ0) is 16.1. The molecule has 3 rings (SSSR count). The molecule has 0 atom stereocenters. The van der Waals surface area contributed by atoms with Crippen molar-refractivity contribution in [2.45, 2.75) is 13.0 Å². The summed E-state index contributed by atoms with van der Waals surface area (Å²) in [6, 6.07) is 11.1.